The monoisotopic (exact) mass is 360 g/mol. The van der Waals surface area contributed by atoms with Crippen molar-refractivity contribution in [1.29, 1.82) is 0 Å². The first-order valence-corrected chi connectivity index (χ1v) is 9.00. The molecule has 0 aliphatic carbocycles. The number of aromatic amines is 1. The van der Waals surface area contributed by atoms with Gasteiger partial charge in [0.15, 0.2) is 0 Å². The van der Waals surface area contributed by atoms with Gasteiger partial charge in [-0.1, -0.05) is 18.2 Å². The maximum absolute atomic E-state index is 12.1. The molecule has 2 aromatic carbocycles. The van der Waals surface area contributed by atoms with E-state index < -0.39 is 0 Å². The number of Topliss-reactive ketones (excluding diaryl/α,β-unsaturated/α-hetero) is 1. The van der Waals surface area contributed by atoms with E-state index in [-0.39, 0.29) is 18.2 Å². The van der Waals surface area contributed by atoms with Crippen molar-refractivity contribution < 1.29 is 9.59 Å². The van der Waals surface area contributed by atoms with Gasteiger partial charge >= 0.3 is 0 Å². The van der Waals surface area contributed by atoms with E-state index >= 15 is 0 Å². The number of H-pyrrole nitrogens is 1. The molecule has 2 N–H and O–H groups in total. The quantitative estimate of drug-likeness (QED) is 0.655. The Morgan fingerprint density at radius 2 is 1.81 bits per heavy atom. The molecule has 0 aliphatic heterocycles. The molecule has 0 saturated carbocycles. The largest absolute Gasteiger partial charge is 0.361 e. The van der Waals surface area contributed by atoms with E-state index in [1.165, 1.54) is 23.4 Å². The SMILES string of the molecule is CC(=O)CNC(=O)C(C)=Cc1cc(C)c(-c2ccc3[nH]ccc3c2)cc1C. The van der Waals surface area contributed by atoms with Crippen LogP contribution in [0.15, 0.2) is 48.2 Å². The van der Waals surface area contributed by atoms with Crippen LogP contribution in [0.25, 0.3) is 28.1 Å². The van der Waals surface area contributed by atoms with Crippen LogP contribution in [-0.2, 0) is 9.59 Å². The number of carbonyl (C=O) groups excluding carboxylic acids is 2. The number of benzene rings is 2. The van der Waals surface area contributed by atoms with Crippen LogP contribution in [0.4, 0.5) is 0 Å². The normalized spacial score (nSPS) is 11.6. The summed E-state index contributed by atoms with van der Waals surface area (Å²) >= 11 is 0. The third kappa shape index (κ3) is 4.17. The molecule has 138 valence electrons. The summed E-state index contributed by atoms with van der Waals surface area (Å²) in [6.45, 7) is 7.40. The molecule has 0 atom stereocenters. The first-order valence-electron chi connectivity index (χ1n) is 9.00. The molecule has 1 heterocycles. The molecule has 0 spiro atoms. The molecule has 0 unspecified atom stereocenters. The molecule has 27 heavy (non-hydrogen) atoms. The molecule has 0 fully saturated rings. The lowest BCUT2D eigenvalue weighted by molar-refractivity contribution is -0.122. The van der Waals surface area contributed by atoms with Crippen LogP contribution in [0.1, 0.15) is 30.5 Å². The molecule has 4 nitrogen and oxygen atoms in total. The Hall–Kier alpha value is -3.14. The molecule has 4 heteroatoms. The minimum Gasteiger partial charge on any atom is -0.361 e. The van der Waals surface area contributed by atoms with Gasteiger partial charge in [-0.05, 0) is 85.2 Å². The van der Waals surface area contributed by atoms with Gasteiger partial charge in [0, 0.05) is 17.3 Å². The Morgan fingerprint density at radius 1 is 1.04 bits per heavy atom. The van der Waals surface area contributed by atoms with Crippen molar-refractivity contribution in [2.45, 2.75) is 27.7 Å². The molecule has 1 amide bonds. The molecule has 0 radical (unpaired) electrons. The summed E-state index contributed by atoms with van der Waals surface area (Å²) in [6, 6.07) is 12.7. The Bertz CT molecular complexity index is 1060. The number of aryl methyl sites for hydroxylation is 2. The van der Waals surface area contributed by atoms with E-state index in [2.05, 4.69) is 53.6 Å². The topological polar surface area (TPSA) is 62.0 Å². The van der Waals surface area contributed by atoms with Crippen LogP contribution in [0, 0.1) is 13.8 Å². The third-order valence-corrected chi connectivity index (χ3v) is 4.71. The Balaban J connectivity index is 1.91. The predicted octanol–water partition coefficient (Wildman–Crippen LogP) is 4.56. The minimum absolute atomic E-state index is 0.0581. The molecule has 0 aliphatic rings. The maximum Gasteiger partial charge on any atom is 0.247 e. The van der Waals surface area contributed by atoms with Crippen molar-refractivity contribution in [2.24, 2.45) is 0 Å². The molecular formula is C23H24N2O2. The summed E-state index contributed by atoms with van der Waals surface area (Å²) in [6.07, 6.45) is 3.82. The van der Waals surface area contributed by atoms with Crippen molar-refractivity contribution in [1.82, 2.24) is 10.3 Å². The van der Waals surface area contributed by atoms with Gasteiger partial charge in [-0.3, -0.25) is 9.59 Å². The Kier molecular flexibility index (Phi) is 5.26. The number of rotatable bonds is 5. The highest BCUT2D eigenvalue weighted by Gasteiger charge is 2.09. The number of nitrogens with one attached hydrogen (secondary N) is 2. The van der Waals surface area contributed by atoms with Crippen molar-refractivity contribution in [3.8, 4) is 11.1 Å². The first-order chi connectivity index (χ1) is 12.8. The second-order valence-electron chi connectivity index (χ2n) is 7.02. The van der Waals surface area contributed by atoms with E-state index in [9.17, 15) is 9.59 Å². The molecular weight excluding hydrogens is 336 g/mol. The lowest BCUT2D eigenvalue weighted by Gasteiger charge is -2.12. The zero-order valence-electron chi connectivity index (χ0n) is 16.1. The molecule has 0 saturated heterocycles. The van der Waals surface area contributed by atoms with E-state index in [1.807, 2.05) is 19.2 Å². The van der Waals surface area contributed by atoms with Crippen molar-refractivity contribution in [3.05, 3.63) is 64.9 Å². The highest BCUT2D eigenvalue weighted by molar-refractivity contribution is 5.99. The third-order valence-electron chi connectivity index (χ3n) is 4.71. The van der Waals surface area contributed by atoms with Gasteiger partial charge in [0.1, 0.15) is 5.78 Å². The van der Waals surface area contributed by atoms with Crippen LogP contribution < -0.4 is 5.32 Å². The van der Waals surface area contributed by atoms with Gasteiger partial charge in [0.2, 0.25) is 5.91 Å². The van der Waals surface area contributed by atoms with Crippen molar-refractivity contribution in [2.75, 3.05) is 6.54 Å². The van der Waals surface area contributed by atoms with Crippen molar-refractivity contribution in [3.63, 3.8) is 0 Å². The van der Waals surface area contributed by atoms with Crippen LogP contribution in [-0.4, -0.2) is 23.2 Å². The van der Waals surface area contributed by atoms with Gasteiger partial charge in [0.05, 0.1) is 6.54 Å². The number of fused-ring (bicyclic) bond motifs is 1. The zero-order valence-corrected chi connectivity index (χ0v) is 16.1. The number of hydrogen-bond acceptors (Lipinski definition) is 2. The predicted molar refractivity (Wildman–Crippen MR) is 111 cm³/mol. The summed E-state index contributed by atoms with van der Waals surface area (Å²) in [7, 11) is 0. The summed E-state index contributed by atoms with van der Waals surface area (Å²) in [5, 5.41) is 3.81. The standard InChI is InChI=1S/C23H24N2O2/c1-14-11-21(18-5-6-22-19(12-18)7-8-24-22)15(2)9-20(14)10-16(3)23(27)25-13-17(4)26/h5-12,24H,13H2,1-4H3,(H,25,27). The molecule has 3 rings (SSSR count). The lowest BCUT2D eigenvalue weighted by Crippen LogP contribution is -2.28. The first kappa shape index (κ1) is 18.6. The van der Waals surface area contributed by atoms with Gasteiger partial charge in [-0.25, -0.2) is 0 Å². The second kappa shape index (κ2) is 7.62. The van der Waals surface area contributed by atoms with Gasteiger partial charge < -0.3 is 10.3 Å². The number of carbonyl (C=O) groups is 2. The summed E-state index contributed by atoms with van der Waals surface area (Å²) in [5.41, 5.74) is 7.33. The van der Waals surface area contributed by atoms with E-state index in [4.69, 9.17) is 0 Å². The summed E-state index contributed by atoms with van der Waals surface area (Å²) in [5.74, 6) is -0.281. The fraction of sp³-hybridized carbons (Fsp3) is 0.217. The number of hydrogen-bond donors (Lipinski definition) is 2. The van der Waals surface area contributed by atoms with Gasteiger partial charge in [-0.2, -0.15) is 0 Å². The van der Waals surface area contributed by atoms with E-state index in [0.29, 0.717) is 5.57 Å². The summed E-state index contributed by atoms with van der Waals surface area (Å²) < 4.78 is 0. The maximum atomic E-state index is 12.1. The number of aromatic nitrogens is 1. The summed E-state index contributed by atoms with van der Waals surface area (Å²) in [4.78, 5) is 26.3. The molecule has 3 aromatic rings. The van der Waals surface area contributed by atoms with Crippen LogP contribution >= 0.6 is 0 Å². The second-order valence-corrected chi connectivity index (χ2v) is 7.02. The zero-order chi connectivity index (χ0) is 19.6. The smallest absolute Gasteiger partial charge is 0.247 e. The van der Waals surface area contributed by atoms with Crippen LogP contribution in [0.3, 0.4) is 0 Å². The van der Waals surface area contributed by atoms with Crippen LogP contribution in [0.5, 0.6) is 0 Å². The number of amides is 1. The van der Waals surface area contributed by atoms with Crippen LogP contribution in [0.2, 0.25) is 0 Å². The fourth-order valence-corrected chi connectivity index (χ4v) is 3.17. The number of ketones is 1. The fourth-order valence-electron chi connectivity index (χ4n) is 3.17. The average Bonchev–Trinajstić information content (AvgIpc) is 3.09. The average molecular weight is 360 g/mol. The lowest BCUT2D eigenvalue weighted by atomic mass is 9.93. The molecule has 0 bridgehead atoms. The van der Waals surface area contributed by atoms with E-state index in [1.54, 1.807) is 6.92 Å². The van der Waals surface area contributed by atoms with Crippen molar-refractivity contribution >= 4 is 28.7 Å². The molecule has 1 aromatic heterocycles. The van der Waals surface area contributed by atoms with E-state index in [0.717, 1.165) is 22.2 Å². The van der Waals surface area contributed by atoms with Gasteiger partial charge in [-0.15, -0.1) is 0 Å². The van der Waals surface area contributed by atoms with Gasteiger partial charge in [0.25, 0.3) is 0 Å². The minimum atomic E-state index is -0.218. The highest BCUT2D eigenvalue weighted by atomic mass is 16.2. The Labute approximate surface area is 159 Å². The highest BCUT2D eigenvalue weighted by Crippen LogP contribution is 2.29. The Morgan fingerprint density at radius 3 is 2.56 bits per heavy atom.